The van der Waals surface area contributed by atoms with Gasteiger partial charge >= 0.3 is 0 Å². The molecule has 14 heavy (non-hydrogen) atoms. The lowest BCUT2D eigenvalue weighted by Gasteiger charge is -2.31. The third kappa shape index (κ3) is 1.15. The average molecular weight is 192 g/mol. The molecular weight excluding hydrogens is 176 g/mol. The lowest BCUT2D eigenvalue weighted by molar-refractivity contribution is 0.0601. The van der Waals surface area contributed by atoms with Crippen LogP contribution in [-0.2, 0) is 13.6 Å². The van der Waals surface area contributed by atoms with Crippen LogP contribution >= 0.6 is 0 Å². The summed E-state index contributed by atoms with van der Waals surface area (Å²) in [6, 6.07) is 2.03. The molecule has 76 valence electrons. The third-order valence-electron chi connectivity index (χ3n) is 2.74. The van der Waals surface area contributed by atoms with Crippen LogP contribution in [0.1, 0.15) is 36.8 Å². The molecule has 1 aliphatic rings. The fourth-order valence-electron chi connectivity index (χ4n) is 1.91. The summed E-state index contributed by atoms with van der Waals surface area (Å²) in [5, 5.41) is 0. The summed E-state index contributed by atoms with van der Waals surface area (Å²) in [6.45, 7) is 6.95. The van der Waals surface area contributed by atoms with Gasteiger partial charge in [0.1, 0.15) is 5.69 Å². The van der Waals surface area contributed by atoms with Crippen LogP contribution in [0.3, 0.4) is 0 Å². The Bertz CT molecular complexity index is 384. The molecule has 0 saturated heterocycles. The summed E-state index contributed by atoms with van der Waals surface area (Å²) >= 11 is 0. The first kappa shape index (κ1) is 9.31. The molecule has 2 heterocycles. The van der Waals surface area contributed by atoms with Gasteiger partial charge in [-0.1, -0.05) is 0 Å². The Balaban J connectivity index is 2.41. The second kappa shape index (κ2) is 2.62. The van der Waals surface area contributed by atoms with Crippen molar-refractivity contribution in [3.63, 3.8) is 0 Å². The van der Waals surface area contributed by atoms with Crippen molar-refractivity contribution in [3.05, 3.63) is 23.5 Å². The summed E-state index contributed by atoms with van der Waals surface area (Å²) < 4.78 is 1.91. The van der Waals surface area contributed by atoms with E-state index in [1.165, 1.54) is 0 Å². The Morgan fingerprint density at radius 3 is 2.50 bits per heavy atom. The highest BCUT2D eigenvalue weighted by molar-refractivity contribution is 5.97. The van der Waals surface area contributed by atoms with E-state index in [0.717, 1.165) is 17.8 Å². The average Bonchev–Trinajstić information content (AvgIpc) is 2.53. The molecule has 1 aromatic heterocycles. The molecule has 1 amide bonds. The van der Waals surface area contributed by atoms with Gasteiger partial charge in [0.05, 0.1) is 0 Å². The molecular formula is C11H16N2O. The van der Waals surface area contributed by atoms with Crippen molar-refractivity contribution in [1.29, 1.82) is 0 Å². The summed E-state index contributed by atoms with van der Waals surface area (Å²) in [5.74, 6) is 0.153. The Morgan fingerprint density at radius 1 is 1.36 bits per heavy atom. The fraction of sp³-hybridized carbons (Fsp3) is 0.545. The number of nitrogens with zero attached hydrogens (tertiary/aromatic N) is 2. The molecule has 1 aromatic rings. The van der Waals surface area contributed by atoms with E-state index in [2.05, 4.69) is 20.8 Å². The molecule has 0 bridgehead atoms. The van der Waals surface area contributed by atoms with Gasteiger partial charge < -0.3 is 9.47 Å². The van der Waals surface area contributed by atoms with Gasteiger partial charge in [-0.15, -0.1) is 0 Å². The van der Waals surface area contributed by atoms with Gasteiger partial charge in [0.2, 0.25) is 0 Å². The quantitative estimate of drug-likeness (QED) is 0.615. The van der Waals surface area contributed by atoms with Gasteiger partial charge in [0.25, 0.3) is 5.91 Å². The summed E-state index contributed by atoms with van der Waals surface area (Å²) in [4.78, 5) is 13.9. The van der Waals surface area contributed by atoms with Crippen molar-refractivity contribution in [2.45, 2.75) is 32.9 Å². The smallest absolute Gasteiger partial charge is 0.271 e. The molecule has 3 heteroatoms. The van der Waals surface area contributed by atoms with Crippen molar-refractivity contribution in [1.82, 2.24) is 9.47 Å². The number of hydrogen-bond donors (Lipinski definition) is 0. The van der Waals surface area contributed by atoms with Crippen LogP contribution in [0.15, 0.2) is 12.3 Å². The van der Waals surface area contributed by atoms with E-state index in [9.17, 15) is 4.79 Å². The van der Waals surface area contributed by atoms with Crippen LogP contribution in [-0.4, -0.2) is 20.9 Å². The second-order valence-corrected chi connectivity index (χ2v) is 4.86. The standard InChI is InChI=1S/C11H16N2O/c1-11(2,3)13-7-8-5-6-12(4)9(8)10(13)14/h5-6H,7H2,1-4H3. The first-order valence-electron chi connectivity index (χ1n) is 4.87. The number of fused-ring (bicyclic) bond motifs is 1. The summed E-state index contributed by atoms with van der Waals surface area (Å²) in [6.07, 6.45) is 1.95. The van der Waals surface area contributed by atoms with E-state index >= 15 is 0 Å². The summed E-state index contributed by atoms with van der Waals surface area (Å²) in [5.41, 5.74) is 1.91. The molecule has 0 aromatic carbocycles. The highest BCUT2D eigenvalue weighted by Crippen LogP contribution is 2.29. The van der Waals surface area contributed by atoms with E-state index in [0.29, 0.717) is 0 Å². The number of carbonyl (C=O) groups excluding carboxylic acids is 1. The van der Waals surface area contributed by atoms with Crippen molar-refractivity contribution >= 4 is 5.91 Å². The first-order chi connectivity index (χ1) is 6.41. The lowest BCUT2D eigenvalue weighted by atomic mass is 10.1. The molecule has 0 aliphatic carbocycles. The van der Waals surface area contributed by atoms with Crippen LogP contribution in [0.4, 0.5) is 0 Å². The number of aromatic nitrogens is 1. The number of amides is 1. The molecule has 0 fully saturated rings. The highest BCUT2D eigenvalue weighted by Gasteiger charge is 2.36. The molecule has 0 atom stereocenters. The second-order valence-electron chi connectivity index (χ2n) is 4.86. The molecule has 0 radical (unpaired) electrons. The molecule has 3 nitrogen and oxygen atoms in total. The molecule has 0 N–H and O–H groups in total. The Kier molecular flexibility index (Phi) is 1.74. The minimum absolute atomic E-state index is 0.0872. The number of rotatable bonds is 0. The fourth-order valence-corrected chi connectivity index (χ4v) is 1.91. The zero-order valence-corrected chi connectivity index (χ0v) is 9.16. The normalized spacial score (nSPS) is 16.3. The SMILES string of the molecule is Cn1ccc2c1C(=O)N(C(C)(C)C)C2. The first-order valence-corrected chi connectivity index (χ1v) is 4.87. The van der Waals surface area contributed by atoms with Crippen LogP contribution in [0.5, 0.6) is 0 Å². The topological polar surface area (TPSA) is 25.2 Å². The number of hydrogen-bond acceptors (Lipinski definition) is 1. The predicted octanol–water partition coefficient (Wildman–Crippen LogP) is 1.78. The monoisotopic (exact) mass is 192 g/mol. The largest absolute Gasteiger partial charge is 0.346 e. The van der Waals surface area contributed by atoms with E-state index in [4.69, 9.17) is 0 Å². The van der Waals surface area contributed by atoms with Gasteiger partial charge in [0.15, 0.2) is 0 Å². The maximum atomic E-state index is 12.0. The van der Waals surface area contributed by atoms with E-state index < -0.39 is 0 Å². The van der Waals surface area contributed by atoms with Gasteiger partial charge in [-0.05, 0) is 26.8 Å². The predicted molar refractivity (Wildman–Crippen MR) is 55.0 cm³/mol. The van der Waals surface area contributed by atoms with Crippen molar-refractivity contribution in [2.75, 3.05) is 0 Å². The van der Waals surface area contributed by atoms with Crippen LogP contribution in [0.2, 0.25) is 0 Å². The Labute approximate surface area is 84.3 Å². The van der Waals surface area contributed by atoms with Crippen molar-refractivity contribution in [2.24, 2.45) is 7.05 Å². The van der Waals surface area contributed by atoms with E-state index in [1.807, 2.05) is 28.8 Å². The summed E-state index contributed by atoms with van der Waals surface area (Å²) in [7, 11) is 1.92. The maximum absolute atomic E-state index is 12.0. The molecule has 0 saturated carbocycles. The Hall–Kier alpha value is -1.25. The molecule has 1 aliphatic heterocycles. The molecule has 2 rings (SSSR count). The van der Waals surface area contributed by atoms with Gasteiger partial charge in [0, 0.05) is 30.9 Å². The van der Waals surface area contributed by atoms with Crippen molar-refractivity contribution in [3.8, 4) is 0 Å². The van der Waals surface area contributed by atoms with Gasteiger partial charge in [-0.3, -0.25) is 4.79 Å². The Morgan fingerprint density at radius 2 is 2.00 bits per heavy atom. The zero-order valence-electron chi connectivity index (χ0n) is 9.16. The van der Waals surface area contributed by atoms with E-state index in [1.54, 1.807) is 0 Å². The maximum Gasteiger partial charge on any atom is 0.271 e. The van der Waals surface area contributed by atoms with Crippen LogP contribution in [0, 0.1) is 0 Å². The molecule has 0 spiro atoms. The highest BCUT2D eigenvalue weighted by atomic mass is 16.2. The number of carbonyl (C=O) groups is 1. The van der Waals surface area contributed by atoms with Gasteiger partial charge in [-0.25, -0.2) is 0 Å². The third-order valence-corrected chi connectivity index (χ3v) is 2.74. The minimum atomic E-state index is -0.0872. The van der Waals surface area contributed by atoms with Crippen molar-refractivity contribution < 1.29 is 4.79 Å². The zero-order chi connectivity index (χ0) is 10.5. The van der Waals surface area contributed by atoms with Crippen LogP contribution < -0.4 is 0 Å². The minimum Gasteiger partial charge on any atom is -0.346 e. The van der Waals surface area contributed by atoms with Gasteiger partial charge in [-0.2, -0.15) is 0 Å². The lowest BCUT2D eigenvalue weighted by Crippen LogP contribution is -2.41. The van der Waals surface area contributed by atoms with E-state index in [-0.39, 0.29) is 11.4 Å². The molecule has 0 unspecified atom stereocenters. The number of aryl methyl sites for hydroxylation is 1. The van der Waals surface area contributed by atoms with Crippen LogP contribution in [0.25, 0.3) is 0 Å².